The van der Waals surface area contributed by atoms with Gasteiger partial charge in [-0.05, 0) is 36.1 Å². The highest BCUT2D eigenvalue weighted by Gasteiger charge is 2.04. The zero-order valence-electron chi connectivity index (χ0n) is 11.0. The van der Waals surface area contributed by atoms with E-state index in [9.17, 15) is 0 Å². The Morgan fingerprint density at radius 2 is 1.39 bits per heavy atom. The first-order valence-corrected chi connectivity index (χ1v) is 6.11. The molecule has 2 rings (SSSR count). The van der Waals surface area contributed by atoms with E-state index in [4.69, 9.17) is 0 Å². The molecule has 0 heteroatoms. The van der Waals surface area contributed by atoms with Crippen molar-refractivity contribution in [3.05, 3.63) is 72.8 Å². The quantitative estimate of drug-likeness (QED) is 0.665. The van der Waals surface area contributed by atoms with Crippen molar-refractivity contribution in [2.45, 2.75) is 13.8 Å². The Morgan fingerprint density at radius 3 is 1.94 bits per heavy atom. The Hall–Kier alpha value is -2.08. The summed E-state index contributed by atoms with van der Waals surface area (Å²) in [5.41, 5.74) is 7.04. The van der Waals surface area contributed by atoms with E-state index in [-0.39, 0.29) is 0 Å². The van der Waals surface area contributed by atoms with Crippen LogP contribution in [0.2, 0.25) is 0 Å². The van der Waals surface area contributed by atoms with Crippen LogP contribution in [0.3, 0.4) is 0 Å². The molecule has 0 spiro atoms. The average Bonchev–Trinajstić information content (AvgIpc) is 2.39. The fraction of sp³-hybridized carbons (Fsp3) is 0.111. The molecule has 0 radical (unpaired) electrons. The topological polar surface area (TPSA) is 0 Å². The standard InChI is InChI=1S/C18H18/c1-13(2)15-9-11-16(12-10-15)18-8-6-5-7-17(18)14(3)4/h5-12H,1,3H2,2,4H3. The van der Waals surface area contributed by atoms with Crippen LogP contribution in [-0.2, 0) is 0 Å². The summed E-state index contributed by atoms with van der Waals surface area (Å²) in [7, 11) is 0. The highest BCUT2D eigenvalue weighted by Crippen LogP contribution is 2.28. The van der Waals surface area contributed by atoms with Gasteiger partial charge in [-0.2, -0.15) is 0 Å². The number of allylic oxidation sites excluding steroid dienone is 2. The van der Waals surface area contributed by atoms with Gasteiger partial charge in [0, 0.05) is 0 Å². The molecule has 0 unspecified atom stereocenters. The molecule has 0 aliphatic carbocycles. The molecule has 0 aliphatic rings. The lowest BCUT2D eigenvalue weighted by Gasteiger charge is -2.10. The van der Waals surface area contributed by atoms with Crippen LogP contribution < -0.4 is 0 Å². The van der Waals surface area contributed by atoms with Gasteiger partial charge in [0.05, 0.1) is 0 Å². The van der Waals surface area contributed by atoms with E-state index in [1.807, 2.05) is 13.8 Å². The Kier molecular flexibility index (Phi) is 3.47. The molecule has 0 N–H and O–H groups in total. The number of hydrogen-bond donors (Lipinski definition) is 0. The third kappa shape index (κ3) is 2.43. The van der Waals surface area contributed by atoms with Crippen molar-refractivity contribution < 1.29 is 0 Å². The van der Waals surface area contributed by atoms with Crippen molar-refractivity contribution in [2.24, 2.45) is 0 Å². The molecule has 90 valence electrons. The first-order valence-electron chi connectivity index (χ1n) is 6.11. The zero-order valence-corrected chi connectivity index (χ0v) is 11.0. The highest BCUT2D eigenvalue weighted by molar-refractivity contribution is 5.80. The second kappa shape index (κ2) is 5.05. The van der Waals surface area contributed by atoms with Crippen molar-refractivity contribution >= 4 is 11.1 Å². The lowest BCUT2D eigenvalue weighted by Crippen LogP contribution is -1.86. The van der Waals surface area contributed by atoms with Crippen LogP contribution >= 0.6 is 0 Å². The average molecular weight is 234 g/mol. The maximum atomic E-state index is 4.04. The van der Waals surface area contributed by atoms with Gasteiger partial charge in [0.1, 0.15) is 0 Å². The first-order chi connectivity index (χ1) is 8.59. The summed E-state index contributed by atoms with van der Waals surface area (Å²) in [6, 6.07) is 16.9. The summed E-state index contributed by atoms with van der Waals surface area (Å²) in [5.74, 6) is 0. The van der Waals surface area contributed by atoms with Gasteiger partial charge in [-0.3, -0.25) is 0 Å². The van der Waals surface area contributed by atoms with Crippen molar-refractivity contribution in [1.82, 2.24) is 0 Å². The van der Waals surface area contributed by atoms with Crippen LogP contribution in [0, 0.1) is 0 Å². The molecule has 0 saturated heterocycles. The Balaban J connectivity index is 2.49. The van der Waals surface area contributed by atoms with Crippen molar-refractivity contribution in [2.75, 3.05) is 0 Å². The predicted molar refractivity (Wildman–Crippen MR) is 81.3 cm³/mol. The Labute approximate surface area is 109 Å². The van der Waals surface area contributed by atoms with Crippen molar-refractivity contribution in [1.29, 1.82) is 0 Å². The summed E-state index contributed by atoms with van der Waals surface area (Å²) in [5, 5.41) is 0. The van der Waals surface area contributed by atoms with Crippen LogP contribution in [0.25, 0.3) is 22.3 Å². The highest BCUT2D eigenvalue weighted by atomic mass is 14.1. The van der Waals surface area contributed by atoms with Gasteiger partial charge in [0.15, 0.2) is 0 Å². The van der Waals surface area contributed by atoms with Gasteiger partial charge in [-0.1, -0.05) is 72.8 Å². The fourth-order valence-electron chi connectivity index (χ4n) is 2.04. The van der Waals surface area contributed by atoms with Gasteiger partial charge in [0.2, 0.25) is 0 Å². The molecule has 0 heterocycles. The molecule has 0 nitrogen and oxygen atoms in total. The molecule has 0 saturated carbocycles. The number of hydrogen-bond acceptors (Lipinski definition) is 0. The maximum Gasteiger partial charge on any atom is -0.0109 e. The molecule has 18 heavy (non-hydrogen) atoms. The first kappa shape index (κ1) is 12.4. The second-order valence-corrected chi connectivity index (χ2v) is 4.68. The van der Waals surface area contributed by atoms with Gasteiger partial charge >= 0.3 is 0 Å². The van der Waals surface area contributed by atoms with E-state index in [1.54, 1.807) is 0 Å². The van der Waals surface area contributed by atoms with Crippen molar-refractivity contribution in [3.63, 3.8) is 0 Å². The molecule has 0 fully saturated rings. The minimum absolute atomic E-state index is 1.09. The van der Waals surface area contributed by atoms with Crippen LogP contribution in [-0.4, -0.2) is 0 Å². The molecular weight excluding hydrogens is 216 g/mol. The fourth-order valence-corrected chi connectivity index (χ4v) is 2.04. The third-order valence-electron chi connectivity index (χ3n) is 3.08. The normalized spacial score (nSPS) is 10.1. The molecule has 0 atom stereocenters. The number of benzene rings is 2. The molecule has 0 aliphatic heterocycles. The molecular formula is C18H18. The lowest BCUT2D eigenvalue weighted by atomic mass is 9.95. The summed E-state index contributed by atoms with van der Waals surface area (Å²) in [6.45, 7) is 12.1. The second-order valence-electron chi connectivity index (χ2n) is 4.68. The van der Waals surface area contributed by atoms with E-state index >= 15 is 0 Å². The molecule has 0 amide bonds. The summed E-state index contributed by atoms with van der Waals surface area (Å²) < 4.78 is 0. The van der Waals surface area contributed by atoms with Crippen molar-refractivity contribution in [3.8, 4) is 11.1 Å². The van der Waals surface area contributed by atoms with Crippen LogP contribution in [0.15, 0.2) is 61.7 Å². The van der Waals surface area contributed by atoms with Gasteiger partial charge in [-0.15, -0.1) is 0 Å². The summed E-state index contributed by atoms with van der Waals surface area (Å²) in [6.07, 6.45) is 0. The van der Waals surface area contributed by atoms with Crippen LogP contribution in [0.4, 0.5) is 0 Å². The summed E-state index contributed by atoms with van der Waals surface area (Å²) >= 11 is 0. The lowest BCUT2D eigenvalue weighted by molar-refractivity contribution is 1.52. The van der Waals surface area contributed by atoms with E-state index in [0.29, 0.717) is 0 Å². The zero-order chi connectivity index (χ0) is 13.1. The Bertz CT molecular complexity index is 586. The van der Waals surface area contributed by atoms with E-state index < -0.39 is 0 Å². The maximum absolute atomic E-state index is 4.04. The minimum atomic E-state index is 1.09. The third-order valence-corrected chi connectivity index (χ3v) is 3.08. The largest absolute Gasteiger partial charge is 0.0955 e. The predicted octanol–water partition coefficient (Wildman–Crippen LogP) is 5.42. The van der Waals surface area contributed by atoms with E-state index in [0.717, 1.165) is 11.1 Å². The molecule has 0 bridgehead atoms. The SMILES string of the molecule is C=C(C)c1ccc(-c2ccccc2C(=C)C)cc1. The Morgan fingerprint density at radius 1 is 0.778 bits per heavy atom. The van der Waals surface area contributed by atoms with E-state index in [2.05, 4.69) is 61.7 Å². The van der Waals surface area contributed by atoms with Gasteiger partial charge < -0.3 is 0 Å². The van der Waals surface area contributed by atoms with Crippen LogP contribution in [0.5, 0.6) is 0 Å². The molecule has 2 aromatic rings. The summed E-state index contributed by atoms with van der Waals surface area (Å²) in [4.78, 5) is 0. The molecule has 2 aromatic carbocycles. The van der Waals surface area contributed by atoms with Crippen LogP contribution in [0.1, 0.15) is 25.0 Å². The van der Waals surface area contributed by atoms with Gasteiger partial charge in [-0.25, -0.2) is 0 Å². The smallest absolute Gasteiger partial charge is 0.0109 e. The minimum Gasteiger partial charge on any atom is -0.0955 e. The van der Waals surface area contributed by atoms with Gasteiger partial charge in [0.25, 0.3) is 0 Å². The molecule has 0 aromatic heterocycles. The van der Waals surface area contributed by atoms with E-state index in [1.165, 1.54) is 22.3 Å². The number of rotatable bonds is 3. The monoisotopic (exact) mass is 234 g/mol.